The van der Waals surface area contributed by atoms with E-state index in [0.717, 1.165) is 45.2 Å². The number of ether oxygens (including phenoxy) is 1. The third kappa shape index (κ3) is 3.73. The lowest BCUT2D eigenvalue weighted by Crippen LogP contribution is -2.55. The van der Waals surface area contributed by atoms with Gasteiger partial charge in [0.05, 0.1) is 7.11 Å². The molecule has 1 fully saturated rings. The Hall–Kier alpha value is -0.610. The van der Waals surface area contributed by atoms with E-state index >= 15 is 0 Å². The number of nitrogens with one attached hydrogen (secondary N) is 1. The fourth-order valence-corrected chi connectivity index (χ4v) is 3.43. The van der Waals surface area contributed by atoms with Crippen LogP contribution in [0.1, 0.15) is 52.9 Å². The van der Waals surface area contributed by atoms with E-state index in [0.29, 0.717) is 12.0 Å². The normalized spacial score (nSPS) is 27.8. The second kappa shape index (κ2) is 7.99. The monoisotopic (exact) mass is 284 g/mol. The predicted molar refractivity (Wildman–Crippen MR) is 82.8 cm³/mol. The number of carbonyl (C=O) groups is 1. The summed E-state index contributed by atoms with van der Waals surface area (Å²) >= 11 is 0. The van der Waals surface area contributed by atoms with Crippen molar-refractivity contribution in [2.45, 2.75) is 64.5 Å². The van der Waals surface area contributed by atoms with Gasteiger partial charge in [-0.15, -0.1) is 0 Å². The summed E-state index contributed by atoms with van der Waals surface area (Å²) < 4.78 is 5.08. The summed E-state index contributed by atoms with van der Waals surface area (Å²) in [4.78, 5) is 14.7. The van der Waals surface area contributed by atoms with Crippen LogP contribution in [0.4, 0.5) is 0 Å². The smallest absolute Gasteiger partial charge is 0.326 e. The number of hydrogen-bond donors (Lipinski definition) is 1. The zero-order valence-corrected chi connectivity index (χ0v) is 13.9. The highest BCUT2D eigenvalue weighted by molar-refractivity contribution is 5.81. The quantitative estimate of drug-likeness (QED) is 0.695. The molecule has 0 spiro atoms. The van der Waals surface area contributed by atoms with E-state index in [4.69, 9.17) is 4.74 Å². The first-order valence-corrected chi connectivity index (χ1v) is 8.05. The standard InChI is InChI=1S/C16H32N2O2/c1-6-13(3)18(4)12-10-14-9-8-11-16(14,17-7-2)15(19)20-5/h13-14,17H,6-12H2,1-5H3. The SMILES string of the molecule is CCNC1(C(=O)OC)CCCC1CCN(C)C(C)CC. The van der Waals surface area contributed by atoms with E-state index in [1.165, 1.54) is 7.11 Å². The molecule has 0 aliphatic heterocycles. The average Bonchev–Trinajstić information content (AvgIpc) is 2.87. The molecule has 0 heterocycles. The maximum atomic E-state index is 12.3. The van der Waals surface area contributed by atoms with Crippen molar-refractivity contribution in [3.05, 3.63) is 0 Å². The lowest BCUT2D eigenvalue weighted by molar-refractivity contribution is -0.150. The molecular weight excluding hydrogens is 252 g/mol. The Morgan fingerprint density at radius 1 is 1.50 bits per heavy atom. The lowest BCUT2D eigenvalue weighted by atomic mass is 9.84. The van der Waals surface area contributed by atoms with Crippen LogP contribution >= 0.6 is 0 Å². The molecule has 0 bridgehead atoms. The van der Waals surface area contributed by atoms with E-state index in [1.54, 1.807) is 0 Å². The second-order valence-electron chi connectivity index (χ2n) is 6.11. The molecule has 1 rings (SSSR count). The minimum absolute atomic E-state index is 0.0759. The van der Waals surface area contributed by atoms with Crippen LogP contribution in [0.2, 0.25) is 0 Å². The first-order valence-electron chi connectivity index (χ1n) is 8.05. The second-order valence-corrected chi connectivity index (χ2v) is 6.11. The van der Waals surface area contributed by atoms with E-state index in [-0.39, 0.29) is 5.97 Å². The fourth-order valence-electron chi connectivity index (χ4n) is 3.43. The molecule has 0 saturated heterocycles. The minimum atomic E-state index is -0.445. The zero-order chi connectivity index (χ0) is 15.2. The van der Waals surface area contributed by atoms with Gasteiger partial charge in [-0.2, -0.15) is 0 Å². The van der Waals surface area contributed by atoms with E-state index in [1.807, 2.05) is 0 Å². The van der Waals surface area contributed by atoms with Crippen LogP contribution in [0.3, 0.4) is 0 Å². The molecule has 1 aliphatic rings. The number of methoxy groups -OCH3 is 1. The summed E-state index contributed by atoms with van der Waals surface area (Å²) in [6.07, 6.45) is 5.36. The number of carbonyl (C=O) groups excluding carboxylic acids is 1. The summed E-state index contributed by atoms with van der Waals surface area (Å²) in [6.45, 7) is 8.39. The van der Waals surface area contributed by atoms with Crippen molar-refractivity contribution in [2.24, 2.45) is 5.92 Å². The van der Waals surface area contributed by atoms with Gasteiger partial charge in [0.15, 0.2) is 0 Å². The summed E-state index contributed by atoms with van der Waals surface area (Å²) in [6, 6.07) is 0.600. The Balaban J connectivity index is 2.69. The molecule has 1 saturated carbocycles. The molecule has 3 unspecified atom stereocenters. The van der Waals surface area contributed by atoms with Crippen molar-refractivity contribution in [1.29, 1.82) is 0 Å². The molecule has 20 heavy (non-hydrogen) atoms. The number of likely N-dealkylation sites (N-methyl/N-ethyl adjacent to an activating group) is 1. The van der Waals surface area contributed by atoms with Crippen LogP contribution in [-0.4, -0.2) is 49.7 Å². The lowest BCUT2D eigenvalue weighted by Gasteiger charge is -2.35. The van der Waals surface area contributed by atoms with Crippen LogP contribution in [-0.2, 0) is 9.53 Å². The Labute approximate surface area is 124 Å². The topological polar surface area (TPSA) is 41.6 Å². The molecular formula is C16H32N2O2. The van der Waals surface area contributed by atoms with Crippen LogP contribution in [0.25, 0.3) is 0 Å². The van der Waals surface area contributed by atoms with Gasteiger partial charge in [-0.05, 0) is 58.7 Å². The van der Waals surface area contributed by atoms with E-state index in [2.05, 4.69) is 38.0 Å². The van der Waals surface area contributed by atoms with Crippen LogP contribution < -0.4 is 5.32 Å². The summed E-state index contributed by atoms with van der Waals surface area (Å²) in [5.74, 6) is 0.314. The number of esters is 1. The number of nitrogens with zero attached hydrogens (tertiary/aromatic N) is 1. The van der Waals surface area contributed by atoms with Gasteiger partial charge in [0.2, 0.25) is 0 Å². The van der Waals surface area contributed by atoms with Crippen molar-refractivity contribution in [3.8, 4) is 0 Å². The zero-order valence-electron chi connectivity index (χ0n) is 13.9. The van der Waals surface area contributed by atoms with Crippen molar-refractivity contribution in [2.75, 3.05) is 27.2 Å². The van der Waals surface area contributed by atoms with E-state index < -0.39 is 5.54 Å². The van der Waals surface area contributed by atoms with Gasteiger partial charge in [0.25, 0.3) is 0 Å². The molecule has 1 aliphatic carbocycles. The molecule has 1 N–H and O–H groups in total. The van der Waals surface area contributed by atoms with Gasteiger partial charge in [-0.3, -0.25) is 4.79 Å². The maximum Gasteiger partial charge on any atom is 0.326 e. The molecule has 118 valence electrons. The molecule has 0 amide bonds. The molecule has 4 nitrogen and oxygen atoms in total. The fraction of sp³-hybridized carbons (Fsp3) is 0.938. The highest BCUT2D eigenvalue weighted by atomic mass is 16.5. The highest BCUT2D eigenvalue weighted by Crippen LogP contribution is 2.39. The van der Waals surface area contributed by atoms with Crippen molar-refractivity contribution < 1.29 is 9.53 Å². The van der Waals surface area contributed by atoms with Crippen molar-refractivity contribution in [1.82, 2.24) is 10.2 Å². The van der Waals surface area contributed by atoms with Crippen molar-refractivity contribution >= 4 is 5.97 Å². The average molecular weight is 284 g/mol. The van der Waals surface area contributed by atoms with Crippen LogP contribution in [0.5, 0.6) is 0 Å². The van der Waals surface area contributed by atoms with Gasteiger partial charge >= 0.3 is 5.97 Å². The highest BCUT2D eigenvalue weighted by Gasteiger charge is 2.48. The van der Waals surface area contributed by atoms with Gasteiger partial charge in [0, 0.05) is 6.04 Å². The molecule has 0 radical (unpaired) electrons. The van der Waals surface area contributed by atoms with Gasteiger partial charge in [0.1, 0.15) is 5.54 Å². The van der Waals surface area contributed by atoms with Crippen molar-refractivity contribution in [3.63, 3.8) is 0 Å². The van der Waals surface area contributed by atoms with Gasteiger partial charge in [-0.1, -0.05) is 20.3 Å². The third-order valence-corrected chi connectivity index (χ3v) is 5.04. The van der Waals surface area contributed by atoms with Crippen LogP contribution in [0.15, 0.2) is 0 Å². The molecule has 0 aromatic carbocycles. The number of rotatable bonds is 8. The molecule has 0 aromatic rings. The van der Waals surface area contributed by atoms with Crippen LogP contribution in [0, 0.1) is 5.92 Å². The minimum Gasteiger partial charge on any atom is -0.468 e. The summed E-state index contributed by atoms with van der Waals surface area (Å²) in [7, 11) is 3.68. The molecule has 4 heteroatoms. The Morgan fingerprint density at radius 3 is 2.75 bits per heavy atom. The first-order chi connectivity index (χ1) is 9.51. The van der Waals surface area contributed by atoms with E-state index in [9.17, 15) is 4.79 Å². The Morgan fingerprint density at radius 2 is 2.20 bits per heavy atom. The first kappa shape index (κ1) is 17.4. The molecule has 0 aromatic heterocycles. The van der Waals surface area contributed by atoms with Gasteiger partial charge < -0.3 is 15.0 Å². The third-order valence-electron chi connectivity index (χ3n) is 5.04. The summed E-state index contributed by atoms with van der Waals surface area (Å²) in [5.41, 5.74) is -0.445. The van der Waals surface area contributed by atoms with Gasteiger partial charge in [-0.25, -0.2) is 0 Å². The Kier molecular flexibility index (Phi) is 6.96. The number of hydrogen-bond acceptors (Lipinski definition) is 4. The largest absolute Gasteiger partial charge is 0.468 e. The predicted octanol–water partition coefficient (Wildman–Crippen LogP) is 2.43. The Bertz CT molecular complexity index is 309. The summed E-state index contributed by atoms with van der Waals surface area (Å²) in [5, 5.41) is 3.43. The maximum absolute atomic E-state index is 12.3. The molecule has 3 atom stereocenters.